The van der Waals surface area contributed by atoms with Gasteiger partial charge in [-0.1, -0.05) is 6.08 Å². The fourth-order valence-electron chi connectivity index (χ4n) is 2.28. The first kappa shape index (κ1) is 13.0. The van der Waals surface area contributed by atoms with E-state index in [0.29, 0.717) is 24.2 Å². The minimum atomic E-state index is 0.291. The molecule has 2 N–H and O–H groups in total. The molecule has 2 aliphatic rings. The average molecular weight is 254 g/mol. The fraction of sp³-hybridized carbons (Fsp3) is 0.769. The first-order chi connectivity index (χ1) is 8.33. The summed E-state index contributed by atoms with van der Waals surface area (Å²) in [7, 11) is 0. The molecule has 0 spiro atoms. The molecule has 1 fully saturated rings. The summed E-state index contributed by atoms with van der Waals surface area (Å²) in [6, 6.07) is 0.505. The number of allylic oxidation sites excluding steroid dienone is 2. The standard InChI is InChI=1S/C13H22N2OS/c14-8-9-17-10-13(16)15(12-6-7-12)11-4-2-1-3-5-11/h4,12H,1-3,5-10,14H2. The van der Waals surface area contributed by atoms with E-state index in [9.17, 15) is 4.79 Å². The summed E-state index contributed by atoms with van der Waals surface area (Å²) in [5, 5.41) is 0. The zero-order valence-electron chi connectivity index (χ0n) is 10.4. The van der Waals surface area contributed by atoms with Crippen LogP contribution in [0, 0.1) is 0 Å². The number of hydrogen-bond donors (Lipinski definition) is 1. The normalized spacial score (nSPS) is 19.9. The summed E-state index contributed by atoms with van der Waals surface area (Å²) >= 11 is 1.66. The predicted molar refractivity (Wildman–Crippen MR) is 72.8 cm³/mol. The summed E-state index contributed by atoms with van der Waals surface area (Å²) in [6.07, 6.45) is 9.38. The van der Waals surface area contributed by atoms with E-state index in [4.69, 9.17) is 5.73 Å². The van der Waals surface area contributed by atoms with Crippen LogP contribution in [0.4, 0.5) is 0 Å². The Bertz CT molecular complexity index is 300. The summed E-state index contributed by atoms with van der Waals surface area (Å²) in [4.78, 5) is 14.3. The van der Waals surface area contributed by atoms with Crippen molar-refractivity contribution in [1.82, 2.24) is 4.90 Å². The molecule has 0 aromatic carbocycles. The van der Waals surface area contributed by atoms with Gasteiger partial charge < -0.3 is 10.6 Å². The quantitative estimate of drug-likeness (QED) is 0.739. The number of thioether (sulfide) groups is 1. The van der Waals surface area contributed by atoms with Gasteiger partial charge in [-0.2, -0.15) is 11.8 Å². The zero-order valence-corrected chi connectivity index (χ0v) is 11.2. The van der Waals surface area contributed by atoms with E-state index in [0.717, 1.165) is 18.6 Å². The lowest BCUT2D eigenvalue weighted by Crippen LogP contribution is -2.34. The molecule has 2 aliphatic carbocycles. The van der Waals surface area contributed by atoms with Gasteiger partial charge in [-0.3, -0.25) is 4.79 Å². The Morgan fingerprint density at radius 2 is 2.29 bits per heavy atom. The molecule has 3 nitrogen and oxygen atoms in total. The van der Waals surface area contributed by atoms with Crippen molar-refractivity contribution in [1.29, 1.82) is 0 Å². The van der Waals surface area contributed by atoms with Crippen LogP contribution in [-0.2, 0) is 4.79 Å². The first-order valence-electron chi connectivity index (χ1n) is 6.62. The van der Waals surface area contributed by atoms with Crippen LogP contribution in [0.2, 0.25) is 0 Å². The van der Waals surface area contributed by atoms with Crippen molar-refractivity contribution < 1.29 is 4.79 Å². The third-order valence-electron chi connectivity index (χ3n) is 3.24. The molecule has 0 aliphatic heterocycles. The van der Waals surface area contributed by atoms with Crippen LogP contribution < -0.4 is 5.73 Å². The highest BCUT2D eigenvalue weighted by Crippen LogP contribution is 2.34. The van der Waals surface area contributed by atoms with Crippen LogP contribution in [0.5, 0.6) is 0 Å². The van der Waals surface area contributed by atoms with E-state index in [-0.39, 0.29) is 0 Å². The van der Waals surface area contributed by atoms with E-state index in [1.54, 1.807) is 11.8 Å². The summed E-state index contributed by atoms with van der Waals surface area (Å²) in [6.45, 7) is 0.657. The average Bonchev–Trinajstić information content (AvgIpc) is 3.16. The zero-order chi connectivity index (χ0) is 12.1. The van der Waals surface area contributed by atoms with Gasteiger partial charge in [-0.05, 0) is 38.5 Å². The Morgan fingerprint density at radius 1 is 1.47 bits per heavy atom. The molecule has 0 saturated heterocycles. The summed E-state index contributed by atoms with van der Waals surface area (Å²) in [5.74, 6) is 1.76. The molecule has 1 amide bonds. The molecule has 0 unspecified atom stereocenters. The number of nitrogens with zero attached hydrogens (tertiary/aromatic N) is 1. The fourth-order valence-corrected chi connectivity index (χ4v) is 2.91. The lowest BCUT2D eigenvalue weighted by atomic mass is 10.0. The molecule has 1 saturated carbocycles. The van der Waals surface area contributed by atoms with Crippen molar-refractivity contribution in [3.8, 4) is 0 Å². The minimum Gasteiger partial charge on any atom is -0.330 e. The van der Waals surface area contributed by atoms with E-state index >= 15 is 0 Å². The van der Waals surface area contributed by atoms with Crippen molar-refractivity contribution in [3.05, 3.63) is 11.8 Å². The van der Waals surface area contributed by atoms with Gasteiger partial charge in [0.15, 0.2) is 0 Å². The maximum absolute atomic E-state index is 12.2. The highest BCUT2D eigenvalue weighted by molar-refractivity contribution is 7.99. The van der Waals surface area contributed by atoms with Crippen molar-refractivity contribution in [2.24, 2.45) is 5.73 Å². The lowest BCUT2D eigenvalue weighted by molar-refractivity contribution is -0.127. The number of nitrogens with two attached hydrogens (primary N) is 1. The molecule has 17 heavy (non-hydrogen) atoms. The molecule has 0 bridgehead atoms. The van der Waals surface area contributed by atoms with Gasteiger partial charge in [0.1, 0.15) is 0 Å². The van der Waals surface area contributed by atoms with Crippen molar-refractivity contribution in [2.45, 2.75) is 44.6 Å². The maximum Gasteiger partial charge on any atom is 0.236 e. The highest BCUT2D eigenvalue weighted by Gasteiger charge is 2.34. The van der Waals surface area contributed by atoms with Crippen LogP contribution in [0.25, 0.3) is 0 Å². The van der Waals surface area contributed by atoms with Gasteiger partial charge in [-0.15, -0.1) is 0 Å². The number of carbonyl (C=O) groups is 1. The Kier molecular flexibility index (Phi) is 4.92. The van der Waals surface area contributed by atoms with Crippen LogP contribution in [0.15, 0.2) is 11.8 Å². The highest BCUT2D eigenvalue weighted by atomic mass is 32.2. The summed E-state index contributed by atoms with van der Waals surface area (Å²) < 4.78 is 0. The molecule has 4 heteroatoms. The van der Waals surface area contributed by atoms with Crippen molar-refractivity contribution in [3.63, 3.8) is 0 Å². The number of hydrogen-bond acceptors (Lipinski definition) is 3. The molecule has 96 valence electrons. The third-order valence-corrected chi connectivity index (χ3v) is 4.22. The van der Waals surface area contributed by atoms with E-state index in [2.05, 4.69) is 11.0 Å². The molecule has 0 aromatic rings. The first-order valence-corrected chi connectivity index (χ1v) is 7.77. The Hall–Kier alpha value is -0.480. The Labute approximate surface area is 108 Å². The number of amides is 1. The van der Waals surface area contributed by atoms with E-state index in [1.165, 1.54) is 31.4 Å². The minimum absolute atomic E-state index is 0.291. The molecule has 0 heterocycles. The van der Waals surface area contributed by atoms with E-state index in [1.807, 2.05) is 0 Å². The molecular weight excluding hydrogens is 232 g/mol. The molecule has 0 aromatic heterocycles. The lowest BCUT2D eigenvalue weighted by Gasteiger charge is -2.27. The van der Waals surface area contributed by atoms with Crippen LogP contribution >= 0.6 is 11.8 Å². The summed E-state index contributed by atoms with van der Waals surface area (Å²) in [5.41, 5.74) is 6.74. The smallest absolute Gasteiger partial charge is 0.236 e. The SMILES string of the molecule is NCCSCC(=O)N(C1=CCCCC1)C1CC1. The van der Waals surface area contributed by atoms with Gasteiger partial charge >= 0.3 is 0 Å². The Balaban J connectivity index is 1.91. The second kappa shape index (κ2) is 6.45. The second-order valence-corrected chi connectivity index (χ2v) is 5.88. The molecule has 0 atom stereocenters. The van der Waals surface area contributed by atoms with Gasteiger partial charge in [-0.25, -0.2) is 0 Å². The van der Waals surface area contributed by atoms with Gasteiger partial charge in [0.25, 0.3) is 0 Å². The molecule has 2 rings (SSSR count). The van der Waals surface area contributed by atoms with Crippen molar-refractivity contribution >= 4 is 17.7 Å². The monoisotopic (exact) mass is 254 g/mol. The van der Waals surface area contributed by atoms with Crippen LogP contribution in [0.1, 0.15) is 38.5 Å². The topological polar surface area (TPSA) is 46.3 Å². The van der Waals surface area contributed by atoms with Gasteiger partial charge in [0, 0.05) is 24.0 Å². The second-order valence-electron chi connectivity index (χ2n) is 4.78. The van der Waals surface area contributed by atoms with Crippen LogP contribution in [0.3, 0.4) is 0 Å². The molecule has 0 radical (unpaired) electrons. The van der Waals surface area contributed by atoms with Gasteiger partial charge in [0.05, 0.1) is 5.75 Å². The maximum atomic E-state index is 12.2. The third kappa shape index (κ3) is 3.75. The predicted octanol–water partition coefficient (Wildman–Crippen LogP) is 2.13. The van der Waals surface area contributed by atoms with Crippen LogP contribution in [-0.4, -0.2) is 34.9 Å². The number of carbonyl (C=O) groups excluding carboxylic acids is 1. The van der Waals surface area contributed by atoms with Crippen molar-refractivity contribution in [2.75, 3.05) is 18.1 Å². The largest absolute Gasteiger partial charge is 0.330 e. The molecular formula is C13H22N2OS. The van der Waals surface area contributed by atoms with E-state index < -0.39 is 0 Å². The number of rotatable bonds is 6. The Morgan fingerprint density at radius 3 is 2.88 bits per heavy atom. The van der Waals surface area contributed by atoms with Gasteiger partial charge in [0.2, 0.25) is 5.91 Å².